The zero-order valence-corrected chi connectivity index (χ0v) is 21.1. The number of fused-ring (bicyclic) bond motifs is 6. The first kappa shape index (κ1) is 22.4. The number of carboxylic acids is 1. The largest absolute Gasteiger partial charge is 0.478 e. The van der Waals surface area contributed by atoms with E-state index in [9.17, 15) is 9.90 Å². The molecule has 0 unspecified atom stereocenters. The Labute approximate surface area is 213 Å². The third-order valence-electron chi connectivity index (χ3n) is 7.49. The fraction of sp³-hybridized carbons (Fsp3) is 0.286. The van der Waals surface area contributed by atoms with Gasteiger partial charge in [-0.2, -0.15) is 0 Å². The summed E-state index contributed by atoms with van der Waals surface area (Å²) in [6.45, 7) is 8.01. The highest BCUT2D eigenvalue weighted by molar-refractivity contribution is 6.37. The average molecular weight is 508 g/mol. The van der Waals surface area contributed by atoms with Gasteiger partial charge in [-0.3, -0.25) is 0 Å². The molecule has 5 nitrogen and oxygen atoms in total. The highest BCUT2D eigenvalue weighted by Crippen LogP contribution is 2.47. The van der Waals surface area contributed by atoms with Crippen LogP contribution >= 0.6 is 23.2 Å². The first-order chi connectivity index (χ1) is 16.9. The maximum Gasteiger partial charge on any atom is 0.337 e. The Morgan fingerprint density at radius 1 is 1.03 bits per heavy atom. The standard InChI is InChI=1S/C28H24Cl2N2O3/c1-3-31-13-11-15-21(31)9-5-17-23(24-19(29)7-8-20(30)25(24)28(33)34)18-6-10-22-16(12-14-32(22)4-2)27(18)35-26(15)17/h5-10H,3-4,11-14H2,1-2H3/p+1. The van der Waals surface area contributed by atoms with Crippen LogP contribution in [-0.4, -0.2) is 37.3 Å². The monoisotopic (exact) mass is 507 g/mol. The molecule has 3 aliphatic rings. The van der Waals surface area contributed by atoms with Gasteiger partial charge >= 0.3 is 5.97 Å². The molecule has 3 aliphatic heterocycles. The number of anilines is 1. The lowest BCUT2D eigenvalue weighted by molar-refractivity contribution is 0.0696. The van der Waals surface area contributed by atoms with Gasteiger partial charge in [-0.05, 0) is 50.6 Å². The third-order valence-corrected chi connectivity index (χ3v) is 8.12. The van der Waals surface area contributed by atoms with Crippen molar-refractivity contribution in [3.63, 3.8) is 0 Å². The van der Waals surface area contributed by atoms with Gasteiger partial charge in [0.1, 0.15) is 24.6 Å². The number of nitrogens with zero attached hydrogens (tertiary/aromatic N) is 2. The molecule has 0 radical (unpaired) electrons. The number of halogens is 2. The molecule has 3 heterocycles. The first-order valence-corrected chi connectivity index (χ1v) is 12.8. The molecule has 1 N–H and O–H groups in total. The zero-order chi connectivity index (χ0) is 24.4. The number of ether oxygens (including phenoxy) is 1. The molecule has 0 aliphatic carbocycles. The molecule has 3 aromatic carbocycles. The summed E-state index contributed by atoms with van der Waals surface area (Å²) in [5.41, 5.74) is 5.56. The van der Waals surface area contributed by atoms with Crippen LogP contribution in [0.15, 0.2) is 36.4 Å². The zero-order valence-electron chi connectivity index (χ0n) is 19.6. The van der Waals surface area contributed by atoms with Gasteiger partial charge < -0.3 is 14.7 Å². The molecule has 0 amide bonds. The molecular weight excluding hydrogens is 483 g/mol. The normalized spacial score (nSPS) is 15.5. The van der Waals surface area contributed by atoms with Crippen LogP contribution in [0.3, 0.4) is 0 Å². The Kier molecular flexibility index (Phi) is 5.31. The highest BCUT2D eigenvalue weighted by atomic mass is 35.5. The molecule has 3 aromatic rings. The van der Waals surface area contributed by atoms with Crippen LogP contribution in [0.1, 0.15) is 46.5 Å². The molecule has 0 fully saturated rings. The number of rotatable bonds is 4. The fourth-order valence-electron chi connectivity index (χ4n) is 5.85. The minimum Gasteiger partial charge on any atom is -0.478 e. The maximum atomic E-state index is 12.4. The van der Waals surface area contributed by atoms with Crippen molar-refractivity contribution in [3.05, 3.63) is 84.8 Å². The number of carboxylic acid groups (broad SMARTS) is 1. The second kappa shape index (κ2) is 8.28. The molecule has 0 saturated carbocycles. The molecular formula is C28H25Cl2N2O3+. The average Bonchev–Trinajstić information content (AvgIpc) is 3.47. The van der Waals surface area contributed by atoms with E-state index in [0.29, 0.717) is 10.6 Å². The second-order valence-electron chi connectivity index (χ2n) is 9.10. The molecule has 0 saturated heterocycles. The fourth-order valence-corrected chi connectivity index (χ4v) is 6.34. The Morgan fingerprint density at radius 3 is 2.57 bits per heavy atom. The maximum absolute atomic E-state index is 12.4. The summed E-state index contributed by atoms with van der Waals surface area (Å²) in [5.74, 6) is 0.500. The van der Waals surface area contributed by atoms with E-state index in [4.69, 9.17) is 27.9 Å². The van der Waals surface area contributed by atoms with E-state index in [1.807, 2.05) is 12.1 Å². The highest BCUT2D eigenvalue weighted by Gasteiger charge is 2.34. The van der Waals surface area contributed by atoms with Crippen LogP contribution in [0.5, 0.6) is 11.5 Å². The predicted molar refractivity (Wildman–Crippen MR) is 139 cm³/mol. The summed E-state index contributed by atoms with van der Waals surface area (Å²) in [4.78, 5) is 14.7. The van der Waals surface area contributed by atoms with Crippen molar-refractivity contribution >= 4 is 40.4 Å². The minimum atomic E-state index is -1.11. The van der Waals surface area contributed by atoms with Crippen molar-refractivity contribution in [1.82, 2.24) is 4.58 Å². The van der Waals surface area contributed by atoms with Crippen molar-refractivity contribution < 1.29 is 14.6 Å². The Hall–Kier alpha value is -3.02. The summed E-state index contributed by atoms with van der Waals surface area (Å²) >= 11 is 13.2. The number of benzene rings is 3. The molecule has 0 spiro atoms. The number of likely N-dealkylation sites (N-methyl/N-ethyl adjacent to an activating group) is 2. The first-order valence-electron chi connectivity index (χ1n) is 12.0. The van der Waals surface area contributed by atoms with Gasteiger partial charge in [0.15, 0.2) is 0 Å². The van der Waals surface area contributed by atoms with E-state index in [-0.39, 0.29) is 10.6 Å². The third kappa shape index (κ3) is 3.21. The molecule has 0 atom stereocenters. The molecule has 35 heavy (non-hydrogen) atoms. The van der Waals surface area contributed by atoms with Crippen LogP contribution in [0.4, 0.5) is 5.69 Å². The van der Waals surface area contributed by atoms with Crippen molar-refractivity contribution in [1.29, 1.82) is 0 Å². The van der Waals surface area contributed by atoms with Crippen molar-refractivity contribution in [2.75, 3.05) is 31.1 Å². The Balaban J connectivity index is 1.77. The molecule has 178 valence electrons. The second-order valence-corrected chi connectivity index (χ2v) is 9.92. The van der Waals surface area contributed by atoms with Crippen LogP contribution in [0, 0.1) is 0 Å². The molecule has 7 heteroatoms. The van der Waals surface area contributed by atoms with E-state index in [0.717, 1.165) is 78.0 Å². The molecule has 0 aromatic heterocycles. The van der Waals surface area contributed by atoms with E-state index in [1.165, 1.54) is 11.0 Å². The smallest absolute Gasteiger partial charge is 0.337 e. The van der Waals surface area contributed by atoms with Gasteiger partial charge in [-0.1, -0.05) is 23.2 Å². The van der Waals surface area contributed by atoms with Gasteiger partial charge in [-0.25, -0.2) is 9.37 Å². The van der Waals surface area contributed by atoms with Crippen molar-refractivity contribution in [3.8, 4) is 11.5 Å². The van der Waals surface area contributed by atoms with E-state index in [1.54, 1.807) is 12.1 Å². The van der Waals surface area contributed by atoms with Gasteiger partial charge in [0.25, 0.3) is 0 Å². The summed E-state index contributed by atoms with van der Waals surface area (Å²) < 4.78 is 9.12. The van der Waals surface area contributed by atoms with E-state index >= 15 is 0 Å². The van der Waals surface area contributed by atoms with Gasteiger partial charge in [0, 0.05) is 63.8 Å². The summed E-state index contributed by atoms with van der Waals surface area (Å²) in [6.07, 6.45) is 1.75. The lowest BCUT2D eigenvalue weighted by atomic mass is 9.87. The Morgan fingerprint density at radius 2 is 1.83 bits per heavy atom. The summed E-state index contributed by atoms with van der Waals surface area (Å²) in [5, 5.41) is 12.7. The predicted octanol–water partition coefficient (Wildman–Crippen LogP) is 4.49. The molecule has 0 bridgehead atoms. The topological polar surface area (TPSA) is 52.8 Å². The van der Waals surface area contributed by atoms with Gasteiger partial charge in [-0.15, -0.1) is 0 Å². The quantitative estimate of drug-likeness (QED) is 0.413. The lowest BCUT2D eigenvalue weighted by Gasteiger charge is -2.26. The number of hydrogen-bond donors (Lipinski definition) is 1. The van der Waals surface area contributed by atoms with Crippen LogP contribution in [-0.2, 0) is 12.8 Å². The van der Waals surface area contributed by atoms with Crippen molar-refractivity contribution in [2.24, 2.45) is 0 Å². The van der Waals surface area contributed by atoms with E-state index in [2.05, 4.69) is 35.5 Å². The number of carbonyl (C=O) groups is 1. The summed E-state index contributed by atoms with van der Waals surface area (Å²) in [6, 6.07) is 11.5. The molecule has 6 rings (SSSR count). The minimum absolute atomic E-state index is 0.0133. The van der Waals surface area contributed by atoms with Crippen LogP contribution < -0.4 is 24.8 Å². The van der Waals surface area contributed by atoms with Crippen molar-refractivity contribution in [2.45, 2.75) is 26.7 Å². The summed E-state index contributed by atoms with van der Waals surface area (Å²) in [7, 11) is 0. The number of aromatic carboxylic acids is 1. The van der Waals surface area contributed by atoms with Crippen LogP contribution in [0.2, 0.25) is 10.0 Å². The Bertz CT molecular complexity index is 1560. The number of hydrogen-bond acceptors (Lipinski definition) is 3. The van der Waals surface area contributed by atoms with Gasteiger partial charge in [0.2, 0.25) is 5.36 Å². The van der Waals surface area contributed by atoms with E-state index < -0.39 is 5.97 Å². The SMILES string of the molecule is CCN1CCc2c1ccc1c2Oc2c3c(ccc2=C1c1c(Cl)ccc(Cl)c1C(=O)O)=[N+](CC)CC3. The van der Waals surface area contributed by atoms with Crippen LogP contribution in [0.25, 0.3) is 5.57 Å². The van der Waals surface area contributed by atoms with Gasteiger partial charge in [0.05, 0.1) is 16.1 Å². The lowest BCUT2D eigenvalue weighted by Crippen LogP contribution is -2.29.